The van der Waals surface area contributed by atoms with Gasteiger partial charge in [0, 0.05) is 31.9 Å². The van der Waals surface area contributed by atoms with Crippen LogP contribution in [0.4, 0.5) is 10.5 Å². The molecule has 3 aromatic carbocycles. The van der Waals surface area contributed by atoms with Crippen LogP contribution in [-0.4, -0.2) is 43.3 Å². The molecule has 0 bridgehead atoms. The molecule has 0 aliphatic carbocycles. The lowest BCUT2D eigenvalue weighted by Crippen LogP contribution is -2.47. The average molecular weight is 471 g/mol. The smallest absolute Gasteiger partial charge is 0.319 e. The number of urea groups is 1. The molecule has 1 aliphatic heterocycles. The van der Waals surface area contributed by atoms with Gasteiger partial charge in [-0.25, -0.2) is 4.79 Å². The molecule has 7 heteroatoms. The van der Waals surface area contributed by atoms with E-state index in [1.807, 2.05) is 54.6 Å². The van der Waals surface area contributed by atoms with Crippen LogP contribution >= 0.6 is 0 Å². The number of hydrogen-bond acceptors (Lipinski definition) is 5. The zero-order chi connectivity index (χ0) is 24.3. The Kier molecular flexibility index (Phi) is 8.71. The summed E-state index contributed by atoms with van der Waals surface area (Å²) >= 11 is 0. The van der Waals surface area contributed by atoms with Crippen LogP contribution in [0.3, 0.4) is 0 Å². The number of morpholine rings is 1. The zero-order valence-corrected chi connectivity index (χ0v) is 19.7. The SMILES string of the molecule is N#CCc1ccc(OCc2cccc(NC(=O)NCC3CN(Cc4ccccc4)CCO3)c2)cc1. The van der Waals surface area contributed by atoms with Gasteiger partial charge in [-0.05, 0) is 41.0 Å². The Morgan fingerprint density at radius 2 is 1.83 bits per heavy atom. The van der Waals surface area contributed by atoms with E-state index in [1.54, 1.807) is 0 Å². The van der Waals surface area contributed by atoms with E-state index in [2.05, 4.69) is 45.9 Å². The molecular formula is C28H30N4O3. The standard InChI is InChI=1S/C28H30N4O3/c29-14-13-22-9-11-26(12-10-22)35-21-24-7-4-8-25(17-24)31-28(33)30-18-27-20-32(15-16-34-27)19-23-5-2-1-3-6-23/h1-12,17,27H,13,15-16,18-21H2,(H2,30,31,33). The second kappa shape index (κ2) is 12.6. The minimum atomic E-state index is -0.264. The van der Waals surface area contributed by atoms with Gasteiger partial charge in [0.1, 0.15) is 12.4 Å². The second-order valence-electron chi connectivity index (χ2n) is 8.52. The van der Waals surface area contributed by atoms with Crippen molar-refractivity contribution < 1.29 is 14.3 Å². The van der Waals surface area contributed by atoms with Crippen LogP contribution in [0.15, 0.2) is 78.9 Å². The Hall–Kier alpha value is -3.86. The highest BCUT2D eigenvalue weighted by atomic mass is 16.5. The van der Waals surface area contributed by atoms with Crippen molar-refractivity contribution in [3.63, 3.8) is 0 Å². The molecule has 1 heterocycles. The number of nitriles is 1. The van der Waals surface area contributed by atoms with E-state index in [9.17, 15) is 4.79 Å². The fraction of sp³-hybridized carbons (Fsp3) is 0.286. The van der Waals surface area contributed by atoms with Gasteiger partial charge in [-0.2, -0.15) is 5.26 Å². The van der Waals surface area contributed by atoms with Crippen LogP contribution in [0, 0.1) is 11.3 Å². The van der Waals surface area contributed by atoms with E-state index < -0.39 is 0 Å². The van der Waals surface area contributed by atoms with Gasteiger partial charge in [0.15, 0.2) is 0 Å². The summed E-state index contributed by atoms with van der Waals surface area (Å²) in [5, 5.41) is 14.6. The maximum atomic E-state index is 12.5. The summed E-state index contributed by atoms with van der Waals surface area (Å²) in [7, 11) is 0. The predicted octanol–water partition coefficient (Wildman–Crippen LogP) is 4.35. The van der Waals surface area contributed by atoms with E-state index >= 15 is 0 Å². The number of rotatable bonds is 9. The van der Waals surface area contributed by atoms with E-state index in [4.69, 9.17) is 14.7 Å². The number of carbonyl (C=O) groups is 1. The highest BCUT2D eigenvalue weighted by Crippen LogP contribution is 2.17. The molecule has 1 atom stereocenters. The number of nitrogens with one attached hydrogen (secondary N) is 2. The second-order valence-corrected chi connectivity index (χ2v) is 8.52. The van der Waals surface area contributed by atoms with E-state index in [0.717, 1.165) is 36.5 Å². The molecule has 1 saturated heterocycles. The number of hydrogen-bond donors (Lipinski definition) is 2. The molecule has 2 N–H and O–H groups in total. The quantitative estimate of drug-likeness (QED) is 0.485. The van der Waals surface area contributed by atoms with Gasteiger partial charge in [0.25, 0.3) is 0 Å². The van der Waals surface area contributed by atoms with Gasteiger partial charge in [-0.15, -0.1) is 0 Å². The van der Waals surface area contributed by atoms with Crippen molar-refractivity contribution in [1.82, 2.24) is 10.2 Å². The van der Waals surface area contributed by atoms with E-state index in [1.165, 1.54) is 5.56 Å². The van der Waals surface area contributed by atoms with E-state index in [0.29, 0.717) is 31.9 Å². The molecule has 1 aliphatic rings. The molecule has 0 radical (unpaired) electrons. The molecule has 0 spiro atoms. The van der Waals surface area contributed by atoms with Crippen molar-refractivity contribution in [2.75, 3.05) is 31.6 Å². The zero-order valence-electron chi connectivity index (χ0n) is 19.7. The lowest BCUT2D eigenvalue weighted by Gasteiger charge is -2.33. The molecule has 180 valence electrons. The minimum absolute atomic E-state index is 0.0440. The number of amides is 2. The number of nitrogens with zero attached hydrogens (tertiary/aromatic N) is 2. The maximum absolute atomic E-state index is 12.5. The molecule has 7 nitrogen and oxygen atoms in total. The Bertz CT molecular complexity index is 1130. The molecular weight excluding hydrogens is 440 g/mol. The van der Waals surface area contributed by atoms with Crippen molar-refractivity contribution >= 4 is 11.7 Å². The highest BCUT2D eigenvalue weighted by molar-refractivity contribution is 5.89. The van der Waals surface area contributed by atoms with Crippen molar-refractivity contribution in [3.8, 4) is 11.8 Å². The topological polar surface area (TPSA) is 86.6 Å². The molecule has 4 rings (SSSR count). The first-order valence-electron chi connectivity index (χ1n) is 11.8. The summed E-state index contributed by atoms with van der Waals surface area (Å²) < 4.78 is 11.7. The van der Waals surface area contributed by atoms with Crippen molar-refractivity contribution in [3.05, 3.63) is 95.6 Å². The van der Waals surface area contributed by atoms with Gasteiger partial charge in [0.2, 0.25) is 0 Å². The summed E-state index contributed by atoms with van der Waals surface area (Å²) in [5.74, 6) is 0.733. The summed E-state index contributed by atoms with van der Waals surface area (Å²) in [5.41, 5.74) is 3.87. The van der Waals surface area contributed by atoms with Gasteiger partial charge < -0.3 is 20.1 Å². The van der Waals surface area contributed by atoms with Crippen LogP contribution in [0.5, 0.6) is 5.75 Å². The van der Waals surface area contributed by atoms with Gasteiger partial charge in [-0.3, -0.25) is 4.90 Å². The third-order valence-corrected chi connectivity index (χ3v) is 5.76. The van der Waals surface area contributed by atoms with Crippen molar-refractivity contribution in [1.29, 1.82) is 5.26 Å². The van der Waals surface area contributed by atoms with Crippen LogP contribution in [-0.2, 0) is 24.3 Å². The molecule has 35 heavy (non-hydrogen) atoms. The first kappa shape index (κ1) is 24.3. The van der Waals surface area contributed by atoms with Crippen LogP contribution < -0.4 is 15.4 Å². The summed E-state index contributed by atoms with van der Waals surface area (Å²) in [6.45, 7) is 4.02. The number of benzene rings is 3. The number of ether oxygens (including phenoxy) is 2. The Morgan fingerprint density at radius 1 is 1.03 bits per heavy atom. The van der Waals surface area contributed by atoms with E-state index in [-0.39, 0.29) is 12.1 Å². The minimum Gasteiger partial charge on any atom is -0.489 e. The normalized spacial score (nSPS) is 15.7. The molecule has 1 unspecified atom stereocenters. The Morgan fingerprint density at radius 3 is 2.63 bits per heavy atom. The predicted molar refractivity (Wildman–Crippen MR) is 135 cm³/mol. The third kappa shape index (κ3) is 7.85. The Labute approximate surface area is 206 Å². The molecule has 2 amide bonds. The summed E-state index contributed by atoms with van der Waals surface area (Å²) in [4.78, 5) is 14.8. The monoisotopic (exact) mass is 470 g/mol. The Balaban J connectivity index is 1.21. The molecule has 1 fully saturated rings. The highest BCUT2D eigenvalue weighted by Gasteiger charge is 2.21. The first-order valence-corrected chi connectivity index (χ1v) is 11.8. The maximum Gasteiger partial charge on any atom is 0.319 e. The summed E-state index contributed by atoms with van der Waals surface area (Å²) in [6, 6.07) is 27.3. The van der Waals surface area contributed by atoms with Crippen molar-refractivity contribution in [2.24, 2.45) is 0 Å². The average Bonchev–Trinajstić information content (AvgIpc) is 2.88. The fourth-order valence-electron chi connectivity index (χ4n) is 3.97. The van der Waals surface area contributed by atoms with Gasteiger partial charge >= 0.3 is 6.03 Å². The third-order valence-electron chi connectivity index (χ3n) is 5.76. The molecule has 0 aromatic heterocycles. The lowest BCUT2D eigenvalue weighted by atomic mass is 10.1. The van der Waals surface area contributed by atoms with Gasteiger partial charge in [-0.1, -0.05) is 54.6 Å². The van der Waals surface area contributed by atoms with Gasteiger partial charge in [0.05, 0.1) is 25.2 Å². The fourth-order valence-corrected chi connectivity index (χ4v) is 3.97. The summed E-state index contributed by atoms with van der Waals surface area (Å²) in [6.07, 6.45) is 0.340. The number of anilines is 1. The van der Waals surface area contributed by atoms with Crippen LogP contribution in [0.1, 0.15) is 16.7 Å². The number of carbonyl (C=O) groups excluding carboxylic acids is 1. The lowest BCUT2D eigenvalue weighted by molar-refractivity contribution is -0.0285. The molecule has 3 aromatic rings. The largest absolute Gasteiger partial charge is 0.489 e. The van der Waals surface area contributed by atoms with Crippen LogP contribution in [0.2, 0.25) is 0 Å². The molecule has 0 saturated carbocycles. The van der Waals surface area contributed by atoms with Crippen LogP contribution in [0.25, 0.3) is 0 Å². The first-order chi connectivity index (χ1) is 17.2. The van der Waals surface area contributed by atoms with Crippen molar-refractivity contribution in [2.45, 2.75) is 25.7 Å².